The smallest absolute Gasteiger partial charge is 0.328 e. The maximum absolute atomic E-state index is 13.5. The Morgan fingerprint density at radius 2 is 1.69 bits per heavy atom. The van der Waals surface area contributed by atoms with Crippen LogP contribution in [0.2, 0.25) is 0 Å². The summed E-state index contributed by atoms with van der Waals surface area (Å²) in [5, 5.41) is 10.5. The van der Waals surface area contributed by atoms with Gasteiger partial charge in [-0.25, -0.2) is 9.78 Å². The quantitative estimate of drug-likeness (QED) is 0.254. The van der Waals surface area contributed by atoms with Gasteiger partial charge in [0.05, 0.1) is 30.1 Å². The number of nitrogens with zero attached hydrogens (tertiary/aromatic N) is 3. The van der Waals surface area contributed by atoms with Crippen LogP contribution in [0.4, 0.5) is 0 Å². The van der Waals surface area contributed by atoms with Gasteiger partial charge in [0.2, 0.25) is 5.91 Å². The summed E-state index contributed by atoms with van der Waals surface area (Å²) in [6, 6.07) is 21.0. The fraction of sp³-hybridized carbons (Fsp3) is 0.343. The van der Waals surface area contributed by atoms with E-state index in [1.165, 1.54) is 30.4 Å². The van der Waals surface area contributed by atoms with Gasteiger partial charge in [0.25, 0.3) is 0 Å². The molecule has 0 radical (unpaired) electrons. The van der Waals surface area contributed by atoms with Crippen molar-refractivity contribution < 1.29 is 19.4 Å². The summed E-state index contributed by atoms with van der Waals surface area (Å²) in [5.74, 6) is -0.632. The summed E-state index contributed by atoms with van der Waals surface area (Å²) in [6.45, 7) is 4.42. The Labute approximate surface area is 246 Å². The summed E-state index contributed by atoms with van der Waals surface area (Å²) in [6.07, 6.45) is 8.55. The molecule has 2 fully saturated rings. The lowest BCUT2D eigenvalue weighted by molar-refractivity contribution is -0.136. The first-order valence-corrected chi connectivity index (χ1v) is 14.9. The van der Waals surface area contributed by atoms with Crippen LogP contribution in [0.5, 0.6) is 0 Å². The van der Waals surface area contributed by atoms with E-state index in [2.05, 4.69) is 67.6 Å². The van der Waals surface area contributed by atoms with Gasteiger partial charge in [0.1, 0.15) is 6.54 Å². The predicted octanol–water partition coefficient (Wildman–Crippen LogP) is 6.68. The van der Waals surface area contributed by atoms with Crippen molar-refractivity contribution in [3.05, 3.63) is 83.6 Å². The van der Waals surface area contributed by atoms with Crippen LogP contribution in [0.25, 0.3) is 39.5 Å². The number of carboxylic acid groups (broad SMARTS) is 1. The molecule has 0 atom stereocenters. The number of carboxylic acids is 1. The number of morpholine rings is 1. The Balaban J connectivity index is 1.45. The van der Waals surface area contributed by atoms with Crippen molar-refractivity contribution in [1.29, 1.82) is 0 Å². The third kappa shape index (κ3) is 6.02. The number of rotatable bonds is 7. The van der Waals surface area contributed by atoms with Gasteiger partial charge in [-0.3, -0.25) is 4.79 Å². The van der Waals surface area contributed by atoms with Crippen molar-refractivity contribution in [2.24, 2.45) is 0 Å². The molecule has 0 spiro atoms. The standard InChI is InChI=1S/C35H37N3O4/c1-24-7-9-26(10-8-24)31-14-11-27-21-28(12-15-32(27)36-31)35-30(25-5-3-2-4-6-25)22-29(13-16-34(40)41)38(35)23-33(39)37-17-19-42-20-18-37/h7-16,21-22,25H,2-6,17-20,23H2,1H3,(H,40,41). The van der Waals surface area contributed by atoms with Gasteiger partial charge in [-0.05, 0) is 67.2 Å². The fourth-order valence-electron chi connectivity index (χ4n) is 6.31. The summed E-state index contributed by atoms with van der Waals surface area (Å²) in [5.41, 5.74) is 8.07. The maximum Gasteiger partial charge on any atom is 0.328 e. The van der Waals surface area contributed by atoms with E-state index in [0.717, 1.165) is 58.0 Å². The number of aliphatic carboxylic acids is 1. The number of aryl methyl sites for hydroxylation is 1. The molecule has 0 unspecified atom stereocenters. The number of pyridine rings is 1. The topological polar surface area (TPSA) is 84.7 Å². The second kappa shape index (κ2) is 12.3. The lowest BCUT2D eigenvalue weighted by atomic mass is 9.83. The molecular weight excluding hydrogens is 526 g/mol. The fourth-order valence-corrected chi connectivity index (χ4v) is 6.31. The van der Waals surface area contributed by atoms with E-state index < -0.39 is 5.97 Å². The number of carbonyl (C=O) groups excluding carboxylic acids is 1. The average molecular weight is 564 g/mol. The van der Waals surface area contributed by atoms with E-state index in [1.54, 1.807) is 6.08 Å². The van der Waals surface area contributed by atoms with Gasteiger partial charge in [-0.15, -0.1) is 0 Å². The summed E-state index contributed by atoms with van der Waals surface area (Å²) < 4.78 is 7.49. The predicted molar refractivity (Wildman–Crippen MR) is 165 cm³/mol. The van der Waals surface area contributed by atoms with Crippen LogP contribution >= 0.6 is 0 Å². The molecule has 1 aliphatic heterocycles. The number of benzene rings is 2. The van der Waals surface area contributed by atoms with E-state index in [-0.39, 0.29) is 12.5 Å². The second-order valence-electron chi connectivity index (χ2n) is 11.4. The Hall–Kier alpha value is -4.23. The van der Waals surface area contributed by atoms with Gasteiger partial charge < -0.3 is 19.3 Å². The van der Waals surface area contributed by atoms with Gasteiger partial charge in [-0.2, -0.15) is 0 Å². The van der Waals surface area contributed by atoms with Crippen molar-refractivity contribution >= 4 is 28.9 Å². The van der Waals surface area contributed by atoms with Crippen molar-refractivity contribution in [1.82, 2.24) is 14.5 Å². The number of ether oxygens (including phenoxy) is 1. The molecule has 6 rings (SSSR count). The van der Waals surface area contributed by atoms with E-state index in [1.807, 2.05) is 9.47 Å². The molecule has 216 valence electrons. The number of hydrogen-bond acceptors (Lipinski definition) is 4. The highest BCUT2D eigenvalue weighted by atomic mass is 16.5. The Bertz CT molecular complexity index is 1620. The van der Waals surface area contributed by atoms with Gasteiger partial charge >= 0.3 is 5.97 Å². The van der Waals surface area contributed by atoms with Gasteiger partial charge in [0.15, 0.2) is 0 Å². The van der Waals surface area contributed by atoms with Crippen molar-refractivity contribution in [3.63, 3.8) is 0 Å². The lowest BCUT2D eigenvalue weighted by Gasteiger charge is -2.28. The van der Waals surface area contributed by atoms with Crippen molar-refractivity contribution in [3.8, 4) is 22.5 Å². The molecule has 1 aliphatic carbocycles. The molecule has 0 bridgehead atoms. The zero-order valence-electron chi connectivity index (χ0n) is 24.1. The van der Waals surface area contributed by atoms with Crippen LogP contribution in [-0.4, -0.2) is 57.7 Å². The van der Waals surface area contributed by atoms with E-state index in [9.17, 15) is 14.7 Å². The third-order valence-electron chi connectivity index (χ3n) is 8.57. The van der Waals surface area contributed by atoms with Crippen molar-refractivity contribution in [2.45, 2.75) is 51.5 Å². The number of fused-ring (bicyclic) bond motifs is 1. The highest BCUT2D eigenvalue weighted by Gasteiger charge is 2.27. The molecular formula is C35H37N3O4. The Kier molecular flexibility index (Phi) is 8.20. The Morgan fingerprint density at radius 3 is 2.43 bits per heavy atom. The first-order valence-electron chi connectivity index (χ1n) is 14.9. The molecule has 1 N–H and O–H groups in total. The lowest BCUT2D eigenvalue weighted by Crippen LogP contribution is -2.42. The molecule has 3 heterocycles. The normalized spacial score (nSPS) is 16.4. The number of hydrogen-bond donors (Lipinski definition) is 1. The van der Waals surface area contributed by atoms with Gasteiger partial charge in [-0.1, -0.05) is 61.2 Å². The highest BCUT2D eigenvalue weighted by Crippen LogP contribution is 2.41. The first-order chi connectivity index (χ1) is 20.5. The molecule has 2 aromatic carbocycles. The minimum Gasteiger partial charge on any atom is -0.478 e. The van der Waals surface area contributed by atoms with Crippen LogP contribution in [-0.2, 0) is 20.9 Å². The number of amides is 1. The van der Waals surface area contributed by atoms with Crippen LogP contribution in [0.3, 0.4) is 0 Å². The molecule has 2 aliphatic rings. The molecule has 1 saturated carbocycles. The minimum absolute atomic E-state index is 0.0144. The van der Waals surface area contributed by atoms with Gasteiger partial charge in [0, 0.05) is 35.8 Å². The molecule has 7 heteroatoms. The summed E-state index contributed by atoms with van der Waals surface area (Å²) >= 11 is 0. The zero-order valence-corrected chi connectivity index (χ0v) is 24.1. The van der Waals surface area contributed by atoms with E-state index in [4.69, 9.17) is 9.72 Å². The van der Waals surface area contributed by atoms with Crippen molar-refractivity contribution in [2.75, 3.05) is 26.3 Å². The largest absolute Gasteiger partial charge is 0.478 e. The van der Waals surface area contributed by atoms with Crippen LogP contribution in [0, 0.1) is 6.92 Å². The molecule has 4 aromatic rings. The number of aromatic nitrogens is 2. The third-order valence-corrected chi connectivity index (χ3v) is 8.57. The molecule has 1 amide bonds. The Morgan fingerprint density at radius 1 is 0.952 bits per heavy atom. The monoisotopic (exact) mass is 563 g/mol. The first kappa shape index (κ1) is 27.9. The maximum atomic E-state index is 13.5. The summed E-state index contributed by atoms with van der Waals surface area (Å²) in [7, 11) is 0. The summed E-state index contributed by atoms with van der Waals surface area (Å²) in [4.78, 5) is 31.8. The van der Waals surface area contributed by atoms with E-state index in [0.29, 0.717) is 32.2 Å². The van der Waals surface area contributed by atoms with Crippen LogP contribution in [0.1, 0.15) is 54.8 Å². The second-order valence-corrected chi connectivity index (χ2v) is 11.4. The highest BCUT2D eigenvalue weighted by molar-refractivity contribution is 5.89. The molecule has 1 saturated heterocycles. The number of carbonyl (C=O) groups is 2. The molecule has 42 heavy (non-hydrogen) atoms. The minimum atomic E-state index is -1.01. The molecule has 2 aromatic heterocycles. The average Bonchev–Trinajstić information content (AvgIpc) is 3.38. The zero-order chi connectivity index (χ0) is 29.1. The van der Waals surface area contributed by atoms with Crippen LogP contribution < -0.4 is 0 Å². The van der Waals surface area contributed by atoms with E-state index >= 15 is 0 Å². The van der Waals surface area contributed by atoms with Crippen LogP contribution in [0.15, 0.2) is 66.7 Å². The molecule has 7 nitrogen and oxygen atoms in total. The SMILES string of the molecule is Cc1ccc(-c2ccc3cc(-c4c(C5CCCCC5)cc(C=CC(=O)O)n4CC(=O)N4CCOCC4)ccc3n2)cc1.